The van der Waals surface area contributed by atoms with Gasteiger partial charge in [0.15, 0.2) is 11.5 Å². The van der Waals surface area contributed by atoms with Crippen molar-refractivity contribution in [2.45, 2.75) is 31.6 Å². The second-order valence-corrected chi connectivity index (χ2v) is 6.70. The van der Waals surface area contributed by atoms with Gasteiger partial charge in [-0.25, -0.2) is 0 Å². The van der Waals surface area contributed by atoms with Gasteiger partial charge in [-0.15, -0.1) is 0 Å². The minimum atomic E-state index is 0.0550. The van der Waals surface area contributed by atoms with Crippen LogP contribution in [0.4, 0.5) is 0 Å². The van der Waals surface area contributed by atoms with Crippen molar-refractivity contribution in [3.8, 4) is 11.5 Å². The number of carbonyl (C=O) groups excluding carboxylic acids is 1. The number of H-pyrrole nitrogens is 1. The van der Waals surface area contributed by atoms with Crippen LogP contribution in [0.3, 0.4) is 0 Å². The van der Waals surface area contributed by atoms with Crippen molar-refractivity contribution >= 4 is 5.91 Å². The van der Waals surface area contributed by atoms with E-state index >= 15 is 0 Å². The Labute approximate surface area is 139 Å². The maximum atomic E-state index is 12.9. The highest BCUT2D eigenvalue weighted by atomic mass is 16.7. The van der Waals surface area contributed by atoms with E-state index in [4.69, 9.17) is 9.47 Å². The standard InChI is InChI=1S/C18H19N3O3/c22-18(12-3-4-15-16(9-12)24-10-23-15)21-7-5-13-14(6-8-21)19-20-17(13)11-1-2-11/h3-4,9,11H,1-2,5-8,10H2,(H,19,20). The van der Waals surface area contributed by atoms with Gasteiger partial charge in [-0.1, -0.05) is 0 Å². The summed E-state index contributed by atoms with van der Waals surface area (Å²) in [5.74, 6) is 2.05. The molecule has 0 saturated heterocycles. The molecule has 6 nitrogen and oxygen atoms in total. The van der Waals surface area contributed by atoms with Crippen molar-refractivity contribution in [3.63, 3.8) is 0 Å². The molecule has 1 aromatic carbocycles. The van der Waals surface area contributed by atoms with Gasteiger partial charge in [0.1, 0.15) is 0 Å². The highest BCUT2D eigenvalue weighted by molar-refractivity contribution is 5.95. The minimum Gasteiger partial charge on any atom is -0.454 e. The fraction of sp³-hybridized carbons (Fsp3) is 0.444. The van der Waals surface area contributed by atoms with Crippen molar-refractivity contribution in [2.75, 3.05) is 19.9 Å². The molecule has 6 heteroatoms. The van der Waals surface area contributed by atoms with E-state index in [0.29, 0.717) is 29.5 Å². The Morgan fingerprint density at radius 2 is 2.00 bits per heavy atom. The van der Waals surface area contributed by atoms with Gasteiger partial charge in [0.05, 0.1) is 5.69 Å². The number of aromatic amines is 1. The second kappa shape index (κ2) is 5.26. The molecular formula is C18H19N3O3. The number of nitrogens with zero attached hydrogens (tertiary/aromatic N) is 2. The average molecular weight is 325 g/mol. The van der Waals surface area contributed by atoms with Crippen LogP contribution in [-0.2, 0) is 12.8 Å². The number of fused-ring (bicyclic) bond motifs is 2. The molecule has 5 rings (SSSR count). The van der Waals surface area contributed by atoms with Gasteiger partial charge in [0.25, 0.3) is 5.91 Å². The first kappa shape index (κ1) is 13.9. The van der Waals surface area contributed by atoms with Crippen molar-refractivity contribution in [1.82, 2.24) is 15.1 Å². The van der Waals surface area contributed by atoms with Gasteiger partial charge >= 0.3 is 0 Å². The van der Waals surface area contributed by atoms with E-state index in [1.807, 2.05) is 17.0 Å². The first-order chi connectivity index (χ1) is 11.8. The largest absolute Gasteiger partial charge is 0.454 e. The molecule has 0 atom stereocenters. The number of carbonyl (C=O) groups is 1. The van der Waals surface area contributed by atoms with E-state index in [-0.39, 0.29) is 12.7 Å². The normalized spacial score (nSPS) is 19.1. The molecule has 0 unspecified atom stereocenters. The number of aromatic nitrogens is 2. The smallest absolute Gasteiger partial charge is 0.254 e. The lowest BCUT2D eigenvalue weighted by atomic mass is 10.1. The van der Waals surface area contributed by atoms with Crippen molar-refractivity contribution in [2.24, 2.45) is 0 Å². The van der Waals surface area contributed by atoms with Crippen LogP contribution in [-0.4, -0.2) is 40.9 Å². The van der Waals surface area contributed by atoms with E-state index in [0.717, 1.165) is 19.4 Å². The van der Waals surface area contributed by atoms with Gasteiger partial charge in [-0.3, -0.25) is 9.89 Å². The molecule has 0 bridgehead atoms. The molecule has 1 N–H and O–H groups in total. The Morgan fingerprint density at radius 3 is 2.88 bits per heavy atom. The predicted octanol–water partition coefficient (Wildman–Crippen LogP) is 2.26. The zero-order valence-electron chi connectivity index (χ0n) is 13.4. The molecule has 24 heavy (non-hydrogen) atoms. The molecule has 1 saturated carbocycles. The molecule has 124 valence electrons. The van der Waals surface area contributed by atoms with Crippen molar-refractivity contribution in [3.05, 3.63) is 40.7 Å². The van der Waals surface area contributed by atoms with Crippen molar-refractivity contribution in [1.29, 1.82) is 0 Å². The number of hydrogen-bond acceptors (Lipinski definition) is 4. The third-order valence-electron chi connectivity index (χ3n) is 5.12. The van der Waals surface area contributed by atoms with Crippen LogP contribution in [0.25, 0.3) is 0 Å². The average Bonchev–Trinajstić information content (AvgIpc) is 3.27. The molecule has 1 aromatic heterocycles. The van der Waals surface area contributed by atoms with Crippen LogP contribution < -0.4 is 9.47 Å². The Hall–Kier alpha value is -2.50. The Bertz CT molecular complexity index is 810. The van der Waals surface area contributed by atoms with Crippen LogP contribution in [0, 0.1) is 0 Å². The minimum absolute atomic E-state index is 0.0550. The number of rotatable bonds is 2. The Balaban J connectivity index is 1.35. The number of nitrogens with one attached hydrogen (secondary N) is 1. The third kappa shape index (κ3) is 2.25. The van der Waals surface area contributed by atoms with Gasteiger partial charge in [0, 0.05) is 36.7 Å². The number of amides is 1. The lowest BCUT2D eigenvalue weighted by molar-refractivity contribution is 0.0762. The van der Waals surface area contributed by atoms with Gasteiger partial charge in [0.2, 0.25) is 6.79 Å². The van der Waals surface area contributed by atoms with Gasteiger partial charge in [-0.05, 0) is 43.0 Å². The van der Waals surface area contributed by atoms with Crippen LogP contribution in [0.2, 0.25) is 0 Å². The maximum Gasteiger partial charge on any atom is 0.254 e. The third-order valence-corrected chi connectivity index (χ3v) is 5.12. The number of hydrogen-bond donors (Lipinski definition) is 1. The highest BCUT2D eigenvalue weighted by Gasteiger charge is 2.32. The molecule has 1 aliphatic carbocycles. The van der Waals surface area contributed by atoms with E-state index in [2.05, 4.69) is 10.2 Å². The summed E-state index contributed by atoms with van der Waals surface area (Å²) in [6.07, 6.45) is 4.22. The monoisotopic (exact) mass is 325 g/mol. The summed E-state index contributed by atoms with van der Waals surface area (Å²) in [4.78, 5) is 14.8. The van der Waals surface area contributed by atoms with Crippen LogP contribution in [0.5, 0.6) is 11.5 Å². The number of ether oxygens (including phenoxy) is 2. The predicted molar refractivity (Wildman–Crippen MR) is 86.4 cm³/mol. The molecule has 3 heterocycles. The van der Waals surface area contributed by atoms with Crippen LogP contribution in [0.15, 0.2) is 18.2 Å². The van der Waals surface area contributed by atoms with Crippen LogP contribution >= 0.6 is 0 Å². The summed E-state index contributed by atoms with van der Waals surface area (Å²) in [6, 6.07) is 5.41. The topological polar surface area (TPSA) is 67.5 Å². The Kier molecular flexibility index (Phi) is 3.04. The second-order valence-electron chi connectivity index (χ2n) is 6.70. The quantitative estimate of drug-likeness (QED) is 0.920. The molecule has 2 aliphatic heterocycles. The summed E-state index contributed by atoms with van der Waals surface area (Å²) < 4.78 is 10.7. The molecule has 3 aliphatic rings. The van der Waals surface area contributed by atoms with E-state index < -0.39 is 0 Å². The molecule has 1 amide bonds. The summed E-state index contributed by atoms with van der Waals surface area (Å²) in [6.45, 7) is 1.67. The van der Waals surface area contributed by atoms with Crippen LogP contribution in [0.1, 0.15) is 46.1 Å². The van der Waals surface area contributed by atoms with Crippen molar-refractivity contribution < 1.29 is 14.3 Å². The number of benzene rings is 1. The zero-order valence-corrected chi connectivity index (χ0v) is 13.4. The summed E-state index contributed by atoms with van der Waals surface area (Å²) in [5, 5.41) is 7.71. The first-order valence-electron chi connectivity index (χ1n) is 8.54. The first-order valence-corrected chi connectivity index (χ1v) is 8.54. The fourth-order valence-electron chi connectivity index (χ4n) is 3.62. The lowest BCUT2D eigenvalue weighted by Crippen LogP contribution is -2.33. The maximum absolute atomic E-state index is 12.9. The molecule has 0 spiro atoms. The highest BCUT2D eigenvalue weighted by Crippen LogP contribution is 2.41. The van der Waals surface area contributed by atoms with E-state index in [9.17, 15) is 4.79 Å². The molecule has 2 aromatic rings. The summed E-state index contributed by atoms with van der Waals surface area (Å²) in [5.41, 5.74) is 4.45. The van der Waals surface area contributed by atoms with Gasteiger partial charge < -0.3 is 14.4 Å². The zero-order chi connectivity index (χ0) is 16.1. The fourth-order valence-corrected chi connectivity index (χ4v) is 3.62. The van der Waals surface area contributed by atoms with E-state index in [1.54, 1.807) is 6.07 Å². The summed E-state index contributed by atoms with van der Waals surface area (Å²) >= 11 is 0. The van der Waals surface area contributed by atoms with Gasteiger partial charge in [-0.2, -0.15) is 5.10 Å². The molecule has 0 radical (unpaired) electrons. The Morgan fingerprint density at radius 1 is 1.17 bits per heavy atom. The molecular weight excluding hydrogens is 306 g/mol. The molecule has 1 fully saturated rings. The summed E-state index contributed by atoms with van der Waals surface area (Å²) in [7, 11) is 0. The van der Waals surface area contributed by atoms with E-state index in [1.165, 1.54) is 29.8 Å². The SMILES string of the molecule is O=C(c1ccc2c(c1)OCO2)N1CCc2[nH]nc(C3CC3)c2CC1. The lowest BCUT2D eigenvalue weighted by Gasteiger charge is -2.20.